The molecule has 2 N–H and O–H groups in total. The molecule has 6 heteroatoms. The minimum absolute atomic E-state index is 0.0577. The molecule has 2 rings (SSSR count). The van der Waals surface area contributed by atoms with Crippen LogP contribution in [0, 0.1) is 5.92 Å². The van der Waals surface area contributed by atoms with Crippen LogP contribution in [-0.4, -0.2) is 37.8 Å². The van der Waals surface area contributed by atoms with Gasteiger partial charge in [-0.2, -0.15) is 0 Å². The van der Waals surface area contributed by atoms with Crippen molar-refractivity contribution >= 4 is 29.3 Å². The quantitative estimate of drug-likeness (QED) is 0.782. The number of hydrogen-bond donors (Lipinski definition) is 2. The number of ether oxygens (including phenoxy) is 1. The van der Waals surface area contributed by atoms with Gasteiger partial charge in [-0.05, 0) is 30.7 Å². The molecule has 1 heterocycles. The van der Waals surface area contributed by atoms with Crippen molar-refractivity contribution in [1.29, 1.82) is 0 Å². The molecular weight excluding hydrogens is 288 g/mol. The summed E-state index contributed by atoms with van der Waals surface area (Å²) in [6.07, 6.45) is 0.889. The van der Waals surface area contributed by atoms with Crippen LogP contribution in [0.5, 0.6) is 0 Å². The fourth-order valence-electron chi connectivity index (χ4n) is 2.17. The standard InChI is InChI=1S/C15H20N2O3S/c1-20-14(18)10-21-9-11-3-2-4-13(7-11)17-15(19)12-5-6-16-8-12/h2-4,7,12,16H,5-6,8-10H2,1H3,(H,17,19). The highest BCUT2D eigenvalue weighted by atomic mass is 32.2. The molecule has 0 bridgehead atoms. The number of methoxy groups -OCH3 is 1. The molecule has 1 aromatic rings. The van der Waals surface area contributed by atoms with Gasteiger partial charge in [-0.3, -0.25) is 9.59 Å². The second-order valence-electron chi connectivity index (χ2n) is 4.95. The number of carbonyl (C=O) groups is 2. The Hall–Kier alpha value is -1.53. The number of thioether (sulfide) groups is 1. The first-order valence-electron chi connectivity index (χ1n) is 6.94. The maximum absolute atomic E-state index is 12.1. The molecule has 1 aliphatic heterocycles. The van der Waals surface area contributed by atoms with Gasteiger partial charge in [0.1, 0.15) is 0 Å². The summed E-state index contributed by atoms with van der Waals surface area (Å²) in [4.78, 5) is 23.1. The molecule has 0 aromatic heterocycles. The van der Waals surface area contributed by atoms with Crippen LogP contribution in [0.15, 0.2) is 24.3 Å². The van der Waals surface area contributed by atoms with Crippen LogP contribution in [0.3, 0.4) is 0 Å². The third kappa shape index (κ3) is 5.06. The zero-order chi connectivity index (χ0) is 15.1. The molecule has 0 spiro atoms. The van der Waals surface area contributed by atoms with Gasteiger partial charge in [0, 0.05) is 18.0 Å². The van der Waals surface area contributed by atoms with Crippen molar-refractivity contribution in [1.82, 2.24) is 5.32 Å². The lowest BCUT2D eigenvalue weighted by atomic mass is 10.1. The Kier molecular flexibility index (Phi) is 6.07. The number of amides is 1. The van der Waals surface area contributed by atoms with E-state index in [-0.39, 0.29) is 17.8 Å². The van der Waals surface area contributed by atoms with Crippen LogP contribution >= 0.6 is 11.8 Å². The highest BCUT2D eigenvalue weighted by Crippen LogP contribution is 2.18. The van der Waals surface area contributed by atoms with E-state index >= 15 is 0 Å². The Morgan fingerprint density at radius 3 is 3.05 bits per heavy atom. The maximum atomic E-state index is 12.1. The molecule has 114 valence electrons. The fraction of sp³-hybridized carbons (Fsp3) is 0.467. The second kappa shape index (κ2) is 8.05. The first-order chi connectivity index (χ1) is 10.2. The summed E-state index contributed by atoms with van der Waals surface area (Å²) in [6, 6.07) is 7.73. The minimum Gasteiger partial charge on any atom is -0.468 e. The van der Waals surface area contributed by atoms with Crippen molar-refractivity contribution in [2.24, 2.45) is 5.92 Å². The number of nitrogens with one attached hydrogen (secondary N) is 2. The number of rotatable bonds is 6. The summed E-state index contributed by atoms with van der Waals surface area (Å²) in [5.41, 5.74) is 1.88. The molecule has 0 aliphatic carbocycles. The summed E-state index contributed by atoms with van der Waals surface area (Å²) < 4.78 is 4.60. The lowest BCUT2D eigenvalue weighted by Gasteiger charge is -2.11. The molecule has 1 fully saturated rings. The van der Waals surface area contributed by atoms with E-state index < -0.39 is 0 Å². The summed E-state index contributed by atoms with van der Waals surface area (Å²) in [5.74, 6) is 0.949. The molecule has 5 nitrogen and oxygen atoms in total. The van der Waals surface area contributed by atoms with E-state index in [1.165, 1.54) is 18.9 Å². The molecule has 1 saturated heterocycles. The van der Waals surface area contributed by atoms with Gasteiger partial charge in [0.2, 0.25) is 5.91 Å². The second-order valence-corrected chi connectivity index (χ2v) is 5.93. The highest BCUT2D eigenvalue weighted by Gasteiger charge is 2.22. The average Bonchev–Trinajstić information content (AvgIpc) is 3.02. The van der Waals surface area contributed by atoms with Crippen molar-refractivity contribution in [3.05, 3.63) is 29.8 Å². The van der Waals surface area contributed by atoms with E-state index in [4.69, 9.17) is 0 Å². The van der Waals surface area contributed by atoms with Gasteiger partial charge < -0.3 is 15.4 Å². The van der Waals surface area contributed by atoms with Crippen molar-refractivity contribution in [2.75, 3.05) is 31.3 Å². The largest absolute Gasteiger partial charge is 0.468 e. The molecule has 1 aliphatic rings. The predicted molar refractivity (Wildman–Crippen MR) is 84.2 cm³/mol. The molecule has 1 aromatic carbocycles. The van der Waals surface area contributed by atoms with Crippen LogP contribution in [-0.2, 0) is 20.1 Å². The van der Waals surface area contributed by atoms with Crippen LogP contribution in [0.4, 0.5) is 5.69 Å². The van der Waals surface area contributed by atoms with Gasteiger partial charge in [-0.25, -0.2) is 0 Å². The molecule has 0 saturated carbocycles. The fourth-order valence-corrected chi connectivity index (χ4v) is 2.97. The van der Waals surface area contributed by atoms with E-state index in [1.807, 2.05) is 24.3 Å². The van der Waals surface area contributed by atoms with Gasteiger partial charge in [0.15, 0.2) is 0 Å². The lowest BCUT2D eigenvalue weighted by Crippen LogP contribution is -2.24. The zero-order valence-electron chi connectivity index (χ0n) is 12.1. The zero-order valence-corrected chi connectivity index (χ0v) is 12.9. The van der Waals surface area contributed by atoms with E-state index in [9.17, 15) is 9.59 Å². The molecule has 1 amide bonds. The van der Waals surface area contributed by atoms with Crippen molar-refractivity contribution < 1.29 is 14.3 Å². The molecule has 1 unspecified atom stereocenters. The van der Waals surface area contributed by atoms with Gasteiger partial charge in [0.25, 0.3) is 0 Å². The van der Waals surface area contributed by atoms with Gasteiger partial charge in [-0.1, -0.05) is 12.1 Å². The monoisotopic (exact) mass is 308 g/mol. The van der Waals surface area contributed by atoms with E-state index in [0.29, 0.717) is 11.5 Å². The van der Waals surface area contributed by atoms with Gasteiger partial charge >= 0.3 is 5.97 Å². The number of anilines is 1. The first-order valence-corrected chi connectivity index (χ1v) is 8.09. The third-order valence-electron chi connectivity index (χ3n) is 3.34. The SMILES string of the molecule is COC(=O)CSCc1cccc(NC(=O)C2CCNC2)c1. The Balaban J connectivity index is 1.85. The summed E-state index contributed by atoms with van der Waals surface area (Å²) >= 11 is 1.49. The first kappa shape index (κ1) is 15.9. The van der Waals surface area contributed by atoms with E-state index in [1.54, 1.807) is 0 Å². The van der Waals surface area contributed by atoms with Crippen LogP contribution in [0.1, 0.15) is 12.0 Å². The van der Waals surface area contributed by atoms with Crippen molar-refractivity contribution in [2.45, 2.75) is 12.2 Å². The number of esters is 1. The van der Waals surface area contributed by atoms with E-state index in [0.717, 1.165) is 30.8 Å². The number of hydrogen-bond acceptors (Lipinski definition) is 5. The normalized spacial score (nSPS) is 17.5. The Bertz CT molecular complexity index is 501. The summed E-state index contributed by atoms with van der Waals surface area (Å²) in [7, 11) is 1.39. The van der Waals surface area contributed by atoms with Gasteiger partial charge in [-0.15, -0.1) is 11.8 Å². The van der Waals surface area contributed by atoms with Crippen LogP contribution in [0.2, 0.25) is 0 Å². The third-order valence-corrected chi connectivity index (χ3v) is 4.32. The molecular formula is C15H20N2O3S. The average molecular weight is 308 g/mol. The van der Waals surface area contributed by atoms with Crippen molar-refractivity contribution in [3.8, 4) is 0 Å². The molecule has 0 radical (unpaired) electrons. The van der Waals surface area contributed by atoms with Crippen molar-refractivity contribution in [3.63, 3.8) is 0 Å². The Labute approximate surface area is 128 Å². The Morgan fingerprint density at radius 2 is 2.33 bits per heavy atom. The predicted octanol–water partition coefficient (Wildman–Crippen LogP) is 1.64. The number of carbonyl (C=O) groups excluding carboxylic acids is 2. The summed E-state index contributed by atoms with van der Waals surface area (Å²) in [6.45, 7) is 1.66. The van der Waals surface area contributed by atoms with Crippen LogP contribution in [0.25, 0.3) is 0 Å². The topological polar surface area (TPSA) is 67.4 Å². The maximum Gasteiger partial charge on any atom is 0.315 e. The van der Waals surface area contributed by atoms with Crippen LogP contribution < -0.4 is 10.6 Å². The smallest absolute Gasteiger partial charge is 0.315 e. The highest BCUT2D eigenvalue weighted by molar-refractivity contribution is 7.99. The number of benzene rings is 1. The summed E-state index contributed by atoms with van der Waals surface area (Å²) in [5, 5.41) is 6.14. The lowest BCUT2D eigenvalue weighted by molar-refractivity contribution is -0.137. The molecule has 21 heavy (non-hydrogen) atoms. The van der Waals surface area contributed by atoms with Gasteiger partial charge in [0.05, 0.1) is 18.8 Å². The Morgan fingerprint density at radius 1 is 1.48 bits per heavy atom. The molecule has 1 atom stereocenters. The van der Waals surface area contributed by atoms with E-state index in [2.05, 4.69) is 15.4 Å². The minimum atomic E-state index is -0.224.